The minimum atomic E-state index is -0.257. The summed E-state index contributed by atoms with van der Waals surface area (Å²) in [7, 11) is 1.58. The van der Waals surface area contributed by atoms with Gasteiger partial charge in [0.15, 0.2) is 0 Å². The molecule has 0 unspecified atom stereocenters. The number of aryl methyl sites for hydroxylation is 1. The number of ether oxygens (including phenoxy) is 2. The van der Waals surface area contributed by atoms with Gasteiger partial charge in [-0.2, -0.15) is 11.8 Å². The van der Waals surface area contributed by atoms with Crippen LogP contribution in [0.2, 0.25) is 0 Å². The largest absolute Gasteiger partial charge is 0.495 e. The van der Waals surface area contributed by atoms with Crippen molar-refractivity contribution in [3.63, 3.8) is 0 Å². The molecule has 1 fully saturated rings. The molecule has 1 aliphatic rings. The average Bonchev–Trinajstić information content (AvgIpc) is 3.08. The van der Waals surface area contributed by atoms with E-state index in [1.54, 1.807) is 25.4 Å². The van der Waals surface area contributed by atoms with E-state index in [2.05, 4.69) is 10.3 Å². The summed E-state index contributed by atoms with van der Waals surface area (Å²) in [6.07, 6.45) is 2.74. The molecule has 1 aromatic heterocycles. The lowest BCUT2D eigenvalue weighted by Gasteiger charge is -2.15. The maximum absolute atomic E-state index is 12.7. The molecule has 6 heteroatoms. The molecule has 0 spiro atoms. The number of methoxy groups -OCH3 is 1. The first kappa shape index (κ1) is 16.6. The van der Waals surface area contributed by atoms with Crippen molar-refractivity contribution in [1.29, 1.82) is 0 Å². The Bertz CT molecular complexity index is 730. The van der Waals surface area contributed by atoms with Crippen molar-refractivity contribution in [1.82, 2.24) is 4.98 Å². The van der Waals surface area contributed by atoms with Gasteiger partial charge in [-0.05, 0) is 48.9 Å². The molecule has 1 N–H and O–H groups in total. The van der Waals surface area contributed by atoms with Crippen molar-refractivity contribution in [3.05, 3.63) is 47.7 Å². The predicted molar refractivity (Wildman–Crippen MR) is 96.3 cm³/mol. The molecule has 5 nitrogen and oxygen atoms in total. The number of rotatable bonds is 5. The third-order valence-electron chi connectivity index (χ3n) is 3.79. The van der Waals surface area contributed by atoms with Gasteiger partial charge in [-0.25, -0.2) is 4.98 Å². The Balaban J connectivity index is 1.81. The minimum Gasteiger partial charge on any atom is -0.495 e. The molecule has 0 saturated carbocycles. The highest BCUT2D eigenvalue weighted by Gasteiger charge is 2.22. The number of pyridine rings is 1. The van der Waals surface area contributed by atoms with E-state index in [0.717, 1.165) is 23.5 Å². The number of nitrogens with one attached hydrogen (secondary N) is 1. The molecule has 0 bridgehead atoms. The van der Waals surface area contributed by atoms with Gasteiger partial charge in [0.25, 0.3) is 5.91 Å². The number of benzene rings is 1. The Morgan fingerprint density at radius 1 is 1.38 bits per heavy atom. The molecular formula is C18H20N2O3S. The summed E-state index contributed by atoms with van der Waals surface area (Å²) in [4.78, 5) is 16.9. The number of hydrogen-bond donors (Lipinski definition) is 1. The second kappa shape index (κ2) is 7.57. The lowest BCUT2D eigenvalue weighted by Crippen LogP contribution is -2.20. The molecule has 0 aliphatic carbocycles. The summed E-state index contributed by atoms with van der Waals surface area (Å²) in [6.45, 7) is 1.96. The van der Waals surface area contributed by atoms with E-state index in [9.17, 15) is 4.79 Å². The van der Waals surface area contributed by atoms with Crippen LogP contribution in [0.4, 0.5) is 5.69 Å². The standard InChI is InChI=1S/C18H20N2O3S/c1-12-5-6-16(22-2)15(10-12)20-17(21)14-4-3-8-19-18(14)23-13-7-9-24-11-13/h3-6,8,10,13H,7,9,11H2,1-2H3,(H,20,21)/t13-/m0/s1. The quantitative estimate of drug-likeness (QED) is 0.899. The fourth-order valence-electron chi connectivity index (χ4n) is 2.53. The van der Waals surface area contributed by atoms with Gasteiger partial charge in [-0.3, -0.25) is 4.79 Å². The first-order valence-electron chi connectivity index (χ1n) is 7.83. The van der Waals surface area contributed by atoms with Crippen molar-refractivity contribution in [3.8, 4) is 11.6 Å². The first-order valence-corrected chi connectivity index (χ1v) is 8.98. The number of nitrogens with zero attached hydrogens (tertiary/aromatic N) is 1. The Hall–Kier alpha value is -2.21. The minimum absolute atomic E-state index is 0.116. The number of anilines is 1. The monoisotopic (exact) mass is 344 g/mol. The second-order valence-electron chi connectivity index (χ2n) is 5.62. The van der Waals surface area contributed by atoms with Gasteiger partial charge in [0, 0.05) is 11.9 Å². The summed E-state index contributed by atoms with van der Waals surface area (Å²) < 4.78 is 11.2. The Labute approximate surface area is 145 Å². The Morgan fingerprint density at radius 2 is 2.25 bits per heavy atom. The van der Waals surface area contributed by atoms with Crippen LogP contribution in [-0.2, 0) is 0 Å². The van der Waals surface area contributed by atoms with Gasteiger partial charge in [-0.1, -0.05) is 6.07 Å². The lowest BCUT2D eigenvalue weighted by atomic mass is 10.2. The third kappa shape index (κ3) is 3.82. The zero-order valence-corrected chi connectivity index (χ0v) is 14.6. The van der Waals surface area contributed by atoms with Crippen molar-refractivity contribution in [2.45, 2.75) is 19.4 Å². The predicted octanol–water partition coefficient (Wildman–Crippen LogP) is 3.54. The average molecular weight is 344 g/mol. The topological polar surface area (TPSA) is 60.5 Å². The number of carbonyl (C=O) groups is 1. The van der Waals surface area contributed by atoms with Gasteiger partial charge < -0.3 is 14.8 Å². The summed E-state index contributed by atoms with van der Waals surface area (Å²) >= 11 is 1.85. The van der Waals surface area contributed by atoms with Gasteiger partial charge in [0.05, 0.1) is 12.8 Å². The van der Waals surface area contributed by atoms with E-state index < -0.39 is 0 Å². The van der Waals surface area contributed by atoms with Gasteiger partial charge in [0.1, 0.15) is 17.4 Å². The van der Waals surface area contributed by atoms with Crippen LogP contribution in [0, 0.1) is 6.92 Å². The zero-order chi connectivity index (χ0) is 16.9. The highest BCUT2D eigenvalue weighted by Crippen LogP contribution is 2.28. The van der Waals surface area contributed by atoms with Gasteiger partial charge in [-0.15, -0.1) is 0 Å². The highest BCUT2D eigenvalue weighted by atomic mass is 32.2. The molecule has 0 radical (unpaired) electrons. The second-order valence-corrected chi connectivity index (χ2v) is 6.77. The van der Waals surface area contributed by atoms with E-state index in [-0.39, 0.29) is 12.0 Å². The van der Waals surface area contributed by atoms with Crippen LogP contribution in [0.5, 0.6) is 11.6 Å². The van der Waals surface area contributed by atoms with Crippen LogP contribution in [-0.4, -0.2) is 35.6 Å². The van der Waals surface area contributed by atoms with E-state index in [1.165, 1.54) is 0 Å². The van der Waals surface area contributed by atoms with E-state index in [4.69, 9.17) is 9.47 Å². The molecule has 1 atom stereocenters. The van der Waals surface area contributed by atoms with Gasteiger partial charge >= 0.3 is 0 Å². The normalized spacial score (nSPS) is 16.7. The molecule has 2 heterocycles. The fraction of sp³-hybridized carbons (Fsp3) is 0.333. The maximum atomic E-state index is 12.7. The maximum Gasteiger partial charge on any atom is 0.261 e. The van der Waals surface area contributed by atoms with Crippen LogP contribution in [0.15, 0.2) is 36.5 Å². The Morgan fingerprint density at radius 3 is 3.00 bits per heavy atom. The smallest absolute Gasteiger partial charge is 0.261 e. The third-order valence-corrected chi connectivity index (χ3v) is 4.92. The van der Waals surface area contributed by atoms with E-state index in [1.807, 2.05) is 36.9 Å². The SMILES string of the molecule is COc1ccc(C)cc1NC(=O)c1cccnc1O[C@H]1CCSC1. The van der Waals surface area contributed by atoms with Crippen molar-refractivity contribution >= 4 is 23.4 Å². The van der Waals surface area contributed by atoms with Crippen molar-refractivity contribution < 1.29 is 14.3 Å². The number of hydrogen-bond acceptors (Lipinski definition) is 5. The number of thioether (sulfide) groups is 1. The zero-order valence-electron chi connectivity index (χ0n) is 13.7. The highest BCUT2D eigenvalue weighted by molar-refractivity contribution is 7.99. The molecule has 1 aliphatic heterocycles. The number of aromatic nitrogens is 1. The summed E-state index contributed by atoms with van der Waals surface area (Å²) in [5.74, 6) is 2.76. The first-order chi connectivity index (χ1) is 11.7. The molecule has 24 heavy (non-hydrogen) atoms. The van der Waals surface area contributed by atoms with Crippen molar-refractivity contribution in [2.24, 2.45) is 0 Å². The summed E-state index contributed by atoms with van der Waals surface area (Å²) in [5, 5.41) is 2.89. The van der Waals surface area contributed by atoms with Crippen LogP contribution < -0.4 is 14.8 Å². The molecule has 2 aromatic rings. The van der Waals surface area contributed by atoms with Crippen LogP contribution in [0.3, 0.4) is 0 Å². The van der Waals surface area contributed by atoms with Gasteiger partial charge in [0.2, 0.25) is 5.88 Å². The molecule has 1 aromatic carbocycles. The number of carbonyl (C=O) groups excluding carboxylic acids is 1. The summed E-state index contributed by atoms with van der Waals surface area (Å²) in [6, 6.07) is 9.11. The lowest BCUT2D eigenvalue weighted by molar-refractivity contribution is 0.101. The van der Waals surface area contributed by atoms with Crippen LogP contribution >= 0.6 is 11.8 Å². The van der Waals surface area contributed by atoms with E-state index in [0.29, 0.717) is 22.9 Å². The number of amides is 1. The molecule has 1 amide bonds. The summed E-state index contributed by atoms with van der Waals surface area (Å²) in [5.41, 5.74) is 2.10. The Kier molecular flexibility index (Phi) is 5.25. The van der Waals surface area contributed by atoms with Crippen molar-refractivity contribution in [2.75, 3.05) is 23.9 Å². The van der Waals surface area contributed by atoms with E-state index >= 15 is 0 Å². The van der Waals surface area contributed by atoms with Crippen LogP contribution in [0.25, 0.3) is 0 Å². The van der Waals surface area contributed by atoms with Crippen LogP contribution in [0.1, 0.15) is 22.3 Å². The fourth-order valence-corrected chi connectivity index (χ4v) is 3.62. The molecule has 3 rings (SSSR count). The molecule has 126 valence electrons. The molecular weight excluding hydrogens is 324 g/mol. The molecule has 1 saturated heterocycles.